The van der Waals surface area contributed by atoms with Gasteiger partial charge in [-0.1, -0.05) is 66.2 Å². The van der Waals surface area contributed by atoms with Gasteiger partial charge in [0, 0.05) is 16.3 Å². The minimum atomic E-state index is -0.544. The lowest BCUT2D eigenvalue weighted by molar-refractivity contribution is 0.252. The van der Waals surface area contributed by atoms with Crippen LogP contribution in [0.15, 0.2) is 112 Å². The Bertz CT molecular complexity index is 1580. The Labute approximate surface area is 221 Å². The van der Waals surface area contributed by atoms with Gasteiger partial charge in [-0.3, -0.25) is 9.89 Å². The molecule has 0 spiro atoms. The molecule has 0 aliphatic rings. The van der Waals surface area contributed by atoms with Gasteiger partial charge in [0.05, 0.1) is 21.8 Å². The van der Waals surface area contributed by atoms with Crippen LogP contribution in [0.3, 0.4) is 0 Å². The number of nitrogens with zero attached hydrogens (tertiary/aromatic N) is 2. The molecule has 0 aliphatic heterocycles. The van der Waals surface area contributed by atoms with Gasteiger partial charge in [-0.2, -0.15) is 5.10 Å². The largest absolute Gasteiger partial charge is 0.412 e. The third-order valence-electron chi connectivity index (χ3n) is 5.31. The van der Waals surface area contributed by atoms with Gasteiger partial charge in [0.15, 0.2) is 0 Å². The number of urea groups is 1. The molecule has 2 amide bonds. The molecule has 0 bridgehead atoms. The zero-order chi connectivity index (χ0) is 24.9. The predicted molar refractivity (Wildman–Crippen MR) is 149 cm³/mol. The lowest BCUT2D eigenvalue weighted by Crippen LogP contribution is -2.28. The van der Waals surface area contributed by atoms with Crippen LogP contribution in [0, 0.1) is 0 Å². The van der Waals surface area contributed by atoms with Crippen LogP contribution in [0.4, 0.5) is 10.5 Å². The van der Waals surface area contributed by atoms with Gasteiger partial charge in [0.2, 0.25) is 0 Å². The number of rotatable bonds is 6. The maximum absolute atomic E-state index is 13.8. The lowest BCUT2D eigenvalue weighted by Gasteiger charge is -2.09. The number of thiophene rings is 1. The zero-order valence-electron chi connectivity index (χ0n) is 19.3. The molecule has 5 aromatic rings. The molecule has 2 aromatic heterocycles. The van der Waals surface area contributed by atoms with E-state index in [0.717, 1.165) is 4.88 Å². The first-order valence-electron chi connectivity index (χ1n) is 11.0. The first kappa shape index (κ1) is 25.6. The van der Waals surface area contributed by atoms with Crippen molar-refractivity contribution in [2.45, 2.75) is 0 Å². The number of carbonyl (C=O) groups is 1. The quantitative estimate of drug-likeness (QED) is 0.203. The van der Waals surface area contributed by atoms with Crippen LogP contribution in [0.25, 0.3) is 16.3 Å². The summed E-state index contributed by atoms with van der Waals surface area (Å²) < 4.78 is 1.47. The molecule has 0 saturated heterocycles. The Morgan fingerprint density at radius 1 is 0.919 bits per heavy atom. The number of anilines is 1. The number of benzene rings is 3. The molecule has 0 fully saturated rings. The summed E-state index contributed by atoms with van der Waals surface area (Å²) in [6.07, 6.45) is 0. The third-order valence-corrected chi connectivity index (χ3v) is 6.43. The van der Waals surface area contributed by atoms with E-state index < -0.39 is 6.03 Å². The number of H-pyrrole nitrogens is 1. The number of halogens is 1. The fourth-order valence-electron chi connectivity index (χ4n) is 3.70. The van der Waals surface area contributed by atoms with Crippen molar-refractivity contribution in [3.63, 3.8) is 0 Å². The van der Waals surface area contributed by atoms with Crippen LogP contribution < -0.4 is 16.3 Å². The molecule has 8 nitrogen and oxygen atoms in total. The van der Waals surface area contributed by atoms with E-state index in [9.17, 15) is 9.59 Å². The molecule has 5 rings (SSSR count). The predicted octanol–water partition coefficient (Wildman–Crippen LogP) is 5.30. The average Bonchev–Trinajstić information content (AvgIpc) is 3.54. The second-order valence-corrected chi connectivity index (χ2v) is 9.10. The number of carbonyl (C=O) groups excluding carboxylic acids is 1. The first-order chi connectivity index (χ1) is 17.6. The van der Waals surface area contributed by atoms with Gasteiger partial charge < -0.3 is 10.8 Å². The van der Waals surface area contributed by atoms with Gasteiger partial charge >= 0.3 is 6.03 Å². The Morgan fingerprint density at radius 3 is 2.32 bits per heavy atom. The molecule has 10 heteroatoms. The second kappa shape index (κ2) is 11.5. The molecule has 0 unspecified atom stereocenters. The van der Waals surface area contributed by atoms with Gasteiger partial charge in [-0.15, -0.1) is 11.3 Å². The van der Waals surface area contributed by atoms with Crippen molar-refractivity contribution in [3.8, 4) is 16.3 Å². The van der Waals surface area contributed by atoms with E-state index in [-0.39, 0.29) is 16.7 Å². The summed E-state index contributed by atoms with van der Waals surface area (Å²) in [7, 11) is 0. The Morgan fingerprint density at radius 2 is 1.65 bits per heavy atom. The van der Waals surface area contributed by atoms with Crippen LogP contribution in [0.1, 0.15) is 11.1 Å². The van der Waals surface area contributed by atoms with E-state index in [0.29, 0.717) is 33.2 Å². The van der Waals surface area contributed by atoms with Crippen molar-refractivity contribution in [2.75, 3.05) is 5.32 Å². The standard InChI is InChI=1S/C27H20ClN5O2S.H2O/c28-19-10-7-9-18(17-19)24(30-31-27(35)29-20-11-3-1-4-12-20)23-25(22-15-8-16-36-22)32-33(26(23)34)21-13-5-2-6-14-21;/h1-17,32H,(H2,29,31,35);1H2/b30-24-;. The summed E-state index contributed by atoms with van der Waals surface area (Å²) in [6.45, 7) is 0. The van der Waals surface area contributed by atoms with Crippen molar-refractivity contribution >= 4 is 40.4 Å². The average molecular weight is 532 g/mol. The van der Waals surface area contributed by atoms with Crippen molar-refractivity contribution < 1.29 is 10.3 Å². The van der Waals surface area contributed by atoms with Crippen LogP contribution in [0.5, 0.6) is 0 Å². The normalized spacial score (nSPS) is 11.0. The molecule has 0 saturated carbocycles. The van der Waals surface area contributed by atoms with Gasteiger partial charge in [-0.25, -0.2) is 14.9 Å². The lowest BCUT2D eigenvalue weighted by atomic mass is 10.0. The Kier molecular flexibility index (Phi) is 7.99. The van der Waals surface area contributed by atoms with Crippen LogP contribution in [-0.2, 0) is 0 Å². The highest BCUT2D eigenvalue weighted by Crippen LogP contribution is 2.28. The van der Waals surface area contributed by atoms with E-state index in [1.54, 1.807) is 36.4 Å². The molecule has 0 atom stereocenters. The van der Waals surface area contributed by atoms with Crippen molar-refractivity contribution in [2.24, 2.45) is 5.10 Å². The summed E-state index contributed by atoms with van der Waals surface area (Å²) >= 11 is 7.77. The van der Waals surface area contributed by atoms with E-state index in [1.165, 1.54) is 16.0 Å². The summed E-state index contributed by atoms with van der Waals surface area (Å²) in [4.78, 5) is 27.3. The van der Waals surface area contributed by atoms with Gasteiger partial charge in [-0.05, 0) is 47.8 Å². The fraction of sp³-hybridized carbons (Fsp3) is 0. The number of para-hydroxylation sites is 2. The van der Waals surface area contributed by atoms with E-state index in [1.807, 2.05) is 66.0 Å². The highest BCUT2D eigenvalue weighted by molar-refractivity contribution is 7.13. The van der Waals surface area contributed by atoms with Crippen molar-refractivity contribution in [3.05, 3.63) is 129 Å². The second-order valence-electron chi connectivity index (χ2n) is 7.72. The molecule has 5 N–H and O–H groups in total. The molecule has 37 heavy (non-hydrogen) atoms. The first-order valence-corrected chi connectivity index (χ1v) is 12.3. The molecule has 2 heterocycles. The zero-order valence-corrected chi connectivity index (χ0v) is 20.9. The number of aromatic nitrogens is 2. The molecule has 0 radical (unpaired) electrons. The third kappa shape index (κ3) is 5.70. The maximum atomic E-state index is 13.8. The summed E-state index contributed by atoms with van der Waals surface area (Å²) in [5.41, 5.74) is 5.26. The summed E-state index contributed by atoms with van der Waals surface area (Å²) in [5, 5.41) is 12.8. The molecular weight excluding hydrogens is 510 g/mol. The number of amides is 2. The van der Waals surface area contributed by atoms with E-state index in [4.69, 9.17) is 11.6 Å². The number of aromatic amines is 1. The topological polar surface area (TPSA) is 123 Å². The smallest absolute Gasteiger partial charge is 0.339 e. The summed E-state index contributed by atoms with van der Waals surface area (Å²) in [5.74, 6) is 0. The minimum Gasteiger partial charge on any atom is -0.412 e. The van der Waals surface area contributed by atoms with Crippen LogP contribution in [-0.4, -0.2) is 27.0 Å². The number of hydrazone groups is 1. The molecule has 0 aliphatic carbocycles. The van der Waals surface area contributed by atoms with Crippen molar-refractivity contribution in [1.29, 1.82) is 0 Å². The SMILES string of the molecule is O.O=C(N/N=C(/c1cccc(Cl)c1)c1c(-c2cccs2)[nH]n(-c2ccccc2)c1=O)Nc1ccccc1. The Hall–Kier alpha value is -4.44. The molecular formula is C27H22ClN5O3S. The highest BCUT2D eigenvalue weighted by Gasteiger charge is 2.24. The molecule has 186 valence electrons. The Balaban J connectivity index is 0.00000320. The maximum Gasteiger partial charge on any atom is 0.339 e. The van der Waals surface area contributed by atoms with E-state index >= 15 is 0 Å². The number of hydrogen-bond acceptors (Lipinski definition) is 4. The number of hydrogen-bond donors (Lipinski definition) is 3. The van der Waals surface area contributed by atoms with Crippen LogP contribution >= 0.6 is 22.9 Å². The van der Waals surface area contributed by atoms with Crippen molar-refractivity contribution in [1.82, 2.24) is 15.2 Å². The van der Waals surface area contributed by atoms with E-state index in [2.05, 4.69) is 20.9 Å². The fourth-order valence-corrected chi connectivity index (χ4v) is 4.62. The highest BCUT2D eigenvalue weighted by atomic mass is 35.5. The minimum absolute atomic E-state index is 0. The summed E-state index contributed by atoms with van der Waals surface area (Å²) in [6, 6.07) is 28.6. The monoisotopic (exact) mass is 531 g/mol. The number of nitrogens with one attached hydrogen (secondary N) is 3. The van der Waals surface area contributed by atoms with Gasteiger partial charge in [0.1, 0.15) is 5.71 Å². The van der Waals surface area contributed by atoms with Gasteiger partial charge in [0.25, 0.3) is 5.56 Å². The molecule has 3 aromatic carbocycles. The van der Waals surface area contributed by atoms with Crippen LogP contribution in [0.2, 0.25) is 5.02 Å².